The van der Waals surface area contributed by atoms with Crippen molar-refractivity contribution in [2.75, 3.05) is 7.05 Å². The SMILES string of the molecule is CNC(c1cc(Cl)ccc1Cl)c1cccc(F)c1Br. The van der Waals surface area contributed by atoms with E-state index in [0.717, 1.165) is 11.1 Å². The van der Waals surface area contributed by atoms with Crippen LogP contribution in [0, 0.1) is 5.82 Å². The molecule has 0 aliphatic heterocycles. The molecule has 19 heavy (non-hydrogen) atoms. The van der Waals surface area contributed by atoms with Crippen molar-refractivity contribution in [1.82, 2.24) is 5.32 Å². The van der Waals surface area contributed by atoms with E-state index in [2.05, 4.69) is 21.2 Å². The molecule has 0 heterocycles. The van der Waals surface area contributed by atoms with E-state index in [1.807, 2.05) is 6.07 Å². The molecule has 0 saturated heterocycles. The quantitative estimate of drug-likeness (QED) is 0.790. The molecule has 1 nitrogen and oxygen atoms in total. The highest BCUT2D eigenvalue weighted by Gasteiger charge is 2.19. The Morgan fingerprint density at radius 2 is 1.89 bits per heavy atom. The first-order valence-electron chi connectivity index (χ1n) is 5.60. The largest absolute Gasteiger partial charge is 0.309 e. The van der Waals surface area contributed by atoms with Gasteiger partial charge in [0.2, 0.25) is 0 Å². The van der Waals surface area contributed by atoms with E-state index in [0.29, 0.717) is 14.5 Å². The fraction of sp³-hybridized carbons (Fsp3) is 0.143. The summed E-state index contributed by atoms with van der Waals surface area (Å²) in [5.41, 5.74) is 1.58. The Morgan fingerprint density at radius 3 is 2.58 bits per heavy atom. The summed E-state index contributed by atoms with van der Waals surface area (Å²) in [6.07, 6.45) is 0. The van der Waals surface area contributed by atoms with Crippen molar-refractivity contribution < 1.29 is 4.39 Å². The van der Waals surface area contributed by atoms with Gasteiger partial charge in [-0.15, -0.1) is 0 Å². The van der Waals surface area contributed by atoms with Gasteiger partial charge >= 0.3 is 0 Å². The number of hydrogen-bond acceptors (Lipinski definition) is 1. The topological polar surface area (TPSA) is 12.0 Å². The minimum Gasteiger partial charge on any atom is -0.309 e. The van der Waals surface area contributed by atoms with Crippen LogP contribution in [0.3, 0.4) is 0 Å². The molecule has 1 atom stereocenters. The van der Waals surface area contributed by atoms with Gasteiger partial charge in [0.15, 0.2) is 0 Å². The highest BCUT2D eigenvalue weighted by Crippen LogP contribution is 2.34. The number of halogens is 4. The lowest BCUT2D eigenvalue weighted by Crippen LogP contribution is -2.19. The molecule has 0 aromatic heterocycles. The Balaban J connectivity index is 2.56. The third kappa shape index (κ3) is 3.11. The van der Waals surface area contributed by atoms with E-state index in [4.69, 9.17) is 23.2 Å². The van der Waals surface area contributed by atoms with Crippen molar-refractivity contribution in [1.29, 1.82) is 0 Å². The maximum absolute atomic E-state index is 13.6. The molecule has 0 aliphatic carbocycles. The number of nitrogens with one attached hydrogen (secondary N) is 1. The van der Waals surface area contributed by atoms with E-state index in [-0.39, 0.29) is 11.9 Å². The molecule has 0 spiro atoms. The first kappa shape index (κ1) is 14.8. The average Bonchev–Trinajstić information content (AvgIpc) is 2.39. The second-order valence-corrected chi connectivity index (χ2v) is 5.67. The van der Waals surface area contributed by atoms with Gasteiger partial charge in [-0.25, -0.2) is 4.39 Å². The Hall–Kier alpha value is -0.610. The molecule has 0 amide bonds. The lowest BCUT2D eigenvalue weighted by Gasteiger charge is -2.20. The first-order valence-corrected chi connectivity index (χ1v) is 7.15. The molecule has 0 saturated carbocycles. The zero-order valence-corrected chi connectivity index (χ0v) is 13.2. The van der Waals surface area contributed by atoms with Gasteiger partial charge in [-0.2, -0.15) is 0 Å². The van der Waals surface area contributed by atoms with Crippen LogP contribution in [0.15, 0.2) is 40.9 Å². The van der Waals surface area contributed by atoms with Gasteiger partial charge in [-0.05, 0) is 58.4 Å². The molecular weight excluding hydrogens is 352 g/mol. The monoisotopic (exact) mass is 361 g/mol. The Kier molecular flexibility index (Phi) is 4.85. The van der Waals surface area contributed by atoms with Gasteiger partial charge in [0, 0.05) is 10.0 Å². The van der Waals surface area contributed by atoms with Crippen LogP contribution in [-0.2, 0) is 0 Å². The van der Waals surface area contributed by atoms with Gasteiger partial charge in [0.1, 0.15) is 5.82 Å². The van der Waals surface area contributed by atoms with Crippen LogP contribution in [0.1, 0.15) is 17.2 Å². The van der Waals surface area contributed by atoms with Gasteiger partial charge < -0.3 is 5.32 Å². The molecule has 1 N–H and O–H groups in total. The molecule has 0 radical (unpaired) electrons. The van der Waals surface area contributed by atoms with Crippen LogP contribution in [0.2, 0.25) is 10.0 Å². The number of rotatable bonds is 3. The summed E-state index contributed by atoms with van der Waals surface area (Å²) < 4.78 is 14.1. The summed E-state index contributed by atoms with van der Waals surface area (Å²) in [4.78, 5) is 0. The summed E-state index contributed by atoms with van der Waals surface area (Å²) in [5, 5.41) is 4.30. The first-order chi connectivity index (χ1) is 9.04. The second kappa shape index (κ2) is 6.23. The van der Waals surface area contributed by atoms with Crippen LogP contribution in [0.25, 0.3) is 0 Å². The average molecular weight is 363 g/mol. The fourth-order valence-corrected chi connectivity index (χ4v) is 2.86. The molecule has 0 bridgehead atoms. The minimum atomic E-state index is -0.309. The molecule has 0 fully saturated rings. The van der Waals surface area contributed by atoms with Crippen molar-refractivity contribution in [2.45, 2.75) is 6.04 Å². The Bertz CT molecular complexity index is 602. The molecule has 2 aromatic rings. The van der Waals surface area contributed by atoms with Gasteiger partial charge in [0.25, 0.3) is 0 Å². The smallest absolute Gasteiger partial charge is 0.137 e. The van der Waals surface area contributed by atoms with Crippen molar-refractivity contribution in [3.05, 3.63) is 67.9 Å². The normalized spacial score (nSPS) is 12.5. The zero-order chi connectivity index (χ0) is 14.0. The van der Waals surface area contributed by atoms with Crippen molar-refractivity contribution in [2.24, 2.45) is 0 Å². The molecule has 1 unspecified atom stereocenters. The van der Waals surface area contributed by atoms with E-state index >= 15 is 0 Å². The molecule has 2 rings (SSSR count). The minimum absolute atomic E-state index is 0.240. The van der Waals surface area contributed by atoms with Crippen LogP contribution < -0.4 is 5.32 Å². The third-order valence-electron chi connectivity index (χ3n) is 2.85. The lowest BCUT2D eigenvalue weighted by molar-refractivity contribution is 0.608. The lowest BCUT2D eigenvalue weighted by atomic mass is 9.98. The van der Waals surface area contributed by atoms with E-state index in [9.17, 15) is 4.39 Å². The van der Waals surface area contributed by atoms with Gasteiger partial charge in [0.05, 0.1) is 10.5 Å². The Labute approximate surface area is 129 Å². The summed E-state index contributed by atoms with van der Waals surface area (Å²) in [7, 11) is 1.79. The van der Waals surface area contributed by atoms with Crippen LogP contribution in [-0.4, -0.2) is 7.05 Å². The molecule has 5 heteroatoms. The molecular formula is C14H11BrCl2FN. The zero-order valence-electron chi connectivity index (χ0n) is 10.1. The van der Waals surface area contributed by atoms with Crippen LogP contribution in [0.5, 0.6) is 0 Å². The summed E-state index contributed by atoms with van der Waals surface area (Å²) >= 11 is 15.5. The van der Waals surface area contributed by atoms with Crippen molar-refractivity contribution in [3.8, 4) is 0 Å². The highest BCUT2D eigenvalue weighted by molar-refractivity contribution is 9.10. The van der Waals surface area contributed by atoms with E-state index < -0.39 is 0 Å². The van der Waals surface area contributed by atoms with Crippen molar-refractivity contribution in [3.63, 3.8) is 0 Å². The fourth-order valence-electron chi connectivity index (χ4n) is 1.96. The standard InChI is InChI=1S/C14H11BrCl2FN/c1-19-14(9-3-2-4-12(18)13(9)15)10-7-8(16)5-6-11(10)17/h2-7,14,19H,1H3. The van der Waals surface area contributed by atoms with Crippen LogP contribution >= 0.6 is 39.1 Å². The maximum atomic E-state index is 13.6. The summed E-state index contributed by atoms with van der Waals surface area (Å²) in [6, 6.07) is 9.90. The van der Waals surface area contributed by atoms with Crippen LogP contribution in [0.4, 0.5) is 4.39 Å². The van der Waals surface area contributed by atoms with Gasteiger partial charge in [-0.3, -0.25) is 0 Å². The van der Waals surface area contributed by atoms with E-state index in [1.165, 1.54) is 6.07 Å². The maximum Gasteiger partial charge on any atom is 0.137 e. The van der Waals surface area contributed by atoms with E-state index in [1.54, 1.807) is 31.3 Å². The molecule has 2 aromatic carbocycles. The van der Waals surface area contributed by atoms with Gasteiger partial charge in [-0.1, -0.05) is 35.3 Å². The molecule has 100 valence electrons. The second-order valence-electron chi connectivity index (χ2n) is 4.03. The van der Waals surface area contributed by atoms with Crippen molar-refractivity contribution >= 4 is 39.1 Å². The number of hydrogen-bond donors (Lipinski definition) is 1. The number of benzene rings is 2. The predicted octanol–water partition coefficient (Wildman–Crippen LogP) is 5.20. The predicted molar refractivity (Wildman–Crippen MR) is 81.5 cm³/mol. The third-order valence-corrected chi connectivity index (χ3v) is 4.27. The summed E-state index contributed by atoms with van der Waals surface area (Å²) in [6.45, 7) is 0. The Morgan fingerprint density at radius 1 is 1.16 bits per heavy atom. The molecule has 0 aliphatic rings. The summed E-state index contributed by atoms with van der Waals surface area (Å²) in [5.74, 6) is -0.309. The highest BCUT2D eigenvalue weighted by atomic mass is 79.9.